The zero-order valence-corrected chi connectivity index (χ0v) is 11.5. The van der Waals surface area contributed by atoms with Crippen molar-refractivity contribution >= 4 is 10.9 Å². The number of piperazine rings is 1. The molecule has 1 aromatic heterocycles. The second-order valence-electron chi connectivity index (χ2n) is 5.33. The van der Waals surface area contributed by atoms with Crippen molar-refractivity contribution in [3.8, 4) is 0 Å². The van der Waals surface area contributed by atoms with Gasteiger partial charge >= 0.3 is 0 Å². The highest BCUT2D eigenvalue weighted by Crippen LogP contribution is 2.17. The summed E-state index contributed by atoms with van der Waals surface area (Å²) < 4.78 is 0. The quantitative estimate of drug-likeness (QED) is 0.910. The van der Waals surface area contributed by atoms with Crippen LogP contribution in [-0.4, -0.2) is 42.1 Å². The van der Waals surface area contributed by atoms with Gasteiger partial charge in [-0.1, -0.05) is 24.3 Å². The third-order valence-electron chi connectivity index (χ3n) is 4.02. The van der Waals surface area contributed by atoms with Crippen LogP contribution < -0.4 is 5.32 Å². The van der Waals surface area contributed by atoms with Gasteiger partial charge in [-0.25, -0.2) is 0 Å². The number of rotatable bonds is 3. The Kier molecular flexibility index (Phi) is 3.76. The van der Waals surface area contributed by atoms with Gasteiger partial charge in [0.2, 0.25) is 0 Å². The Hall–Kier alpha value is -1.45. The van der Waals surface area contributed by atoms with E-state index in [1.165, 1.54) is 10.9 Å². The van der Waals surface area contributed by atoms with Crippen LogP contribution in [0.2, 0.25) is 0 Å². The average Bonchev–Trinajstić information content (AvgIpc) is 2.46. The Bertz CT molecular complexity index is 547. The number of fused-ring (bicyclic) bond motifs is 1. The van der Waals surface area contributed by atoms with E-state index in [0.29, 0.717) is 6.04 Å². The predicted octanol–water partition coefficient (Wildman–Crippen LogP) is 2.07. The van der Waals surface area contributed by atoms with Gasteiger partial charge in [-0.15, -0.1) is 0 Å². The Labute approximate surface area is 114 Å². The molecule has 19 heavy (non-hydrogen) atoms. The molecule has 1 aromatic carbocycles. The van der Waals surface area contributed by atoms with Crippen LogP contribution in [0.5, 0.6) is 0 Å². The summed E-state index contributed by atoms with van der Waals surface area (Å²) in [5.74, 6) is 0. The molecule has 1 N–H and O–H groups in total. The van der Waals surface area contributed by atoms with Crippen molar-refractivity contribution < 1.29 is 0 Å². The lowest BCUT2D eigenvalue weighted by Crippen LogP contribution is -2.50. The minimum absolute atomic E-state index is 0.636. The van der Waals surface area contributed by atoms with Crippen molar-refractivity contribution in [2.24, 2.45) is 0 Å². The van der Waals surface area contributed by atoms with E-state index < -0.39 is 0 Å². The third kappa shape index (κ3) is 2.77. The van der Waals surface area contributed by atoms with Gasteiger partial charge in [0.1, 0.15) is 0 Å². The molecule has 0 amide bonds. The van der Waals surface area contributed by atoms with Gasteiger partial charge in [0, 0.05) is 43.8 Å². The number of nitrogens with zero attached hydrogens (tertiary/aromatic N) is 2. The maximum Gasteiger partial charge on any atom is 0.0734 e. The Balaban J connectivity index is 1.74. The van der Waals surface area contributed by atoms with E-state index in [2.05, 4.69) is 46.4 Å². The second kappa shape index (κ2) is 5.68. The molecule has 1 unspecified atom stereocenters. The van der Waals surface area contributed by atoms with Crippen LogP contribution >= 0.6 is 0 Å². The molecule has 1 aliphatic heterocycles. The molecule has 1 saturated heterocycles. The van der Waals surface area contributed by atoms with E-state index in [-0.39, 0.29) is 0 Å². The number of pyridine rings is 1. The maximum atomic E-state index is 4.53. The number of nitrogens with one attached hydrogen (secondary N) is 1. The van der Waals surface area contributed by atoms with Gasteiger partial charge in [-0.05, 0) is 25.0 Å². The molecule has 0 aliphatic carbocycles. The summed E-state index contributed by atoms with van der Waals surface area (Å²) in [4.78, 5) is 7.10. The molecule has 3 rings (SSSR count). The van der Waals surface area contributed by atoms with E-state index in [0.717, 1.165) is 38.1 Å². The van der Waals surface area contributed by atoms with E-state index >= 15 is 0 Å². The fraction of sp³-hybridized carbons (Fsp3) is 0.438. The molecule has 2 aromatic rings. The molecular formula is C16H21N3. The third-order valence-corrected chi connectivity index (χ3v) is 4.02. The zero-order valence-electron chi connectivity index (χ0n) is 11.5. The van der Waals surface area contributed by atoms with Crippen molar-refractivity contribution in [1.29, 1.82) is 0 Å². The number of hydrogen-bond donors (Lipinski definition) is 1. The molecule has 0 bridgehead atoms. The lowest BCUT2D eigenvalue weighted by molar-refractivity contribution is 0.176. The SMILES string of the molecule is CC1CNCCN1CCc1cccc2cccnc12. The first kappa shape index (κ1) is 12.6. The molecule has 100 valence electrons. The van der Waals surface area contributed by atoms with E-state index in [1.807, 2.05) is 12.3 Å². The van der Waals surface area contributed by atoms with Gasteiger partial charge < -0.3 is 5.32 Å². The summed E-state index contributed by atoms with van der Waals surface area (Å²) in [5.41, 5.74) is 2.52. The van der Waals surface area contributed by atoms with Crippen LogP contribution in [-0.2, 0) is 6.42 Å². The Morgan fingerprint density at radius 3 is 3.11 bits per heavy atom. The normalized spacial score (nSPS) is 20.8. The predicted molar refractivity (Wildman–Crippen MR) is 79.4 cm³/mol. The van der Waals surface area contributed by atoms with Gasteiger partial charge in [0.05, 0.1) is 5.52 Å². The molecule has 1 aliphatic rings. The highest BCUT2D eigenvalue weighted by Gasteiger charge is 2.17. The number of benzene rings is 1. The second-order valence-corrected chi connectivity index (χ2v) is 5.33. The van der Waals surface area contributed by atoms with Crippen LogP contribution in [0, 0.1) is 0 Å². The van der Waals surface area contributed by atoms with Crippen LogP contribution in [0.15, 0.2) is 36.5 Å². The summed E-state index contributed by atoms with van der Waals surface area (Å²) in [7, 11) is 0. The maximum absolute atomic E-state index is 4.53. The fourth-order valence-electron chi connectivity index (χ4n) is 2.85. The molecule has 3 nitrogen and oxygen atoms in total. The van der Waals surface area contributed by atoms with Crippen molar-refractivity contribution in [1.82, 2.24) is 15.2 Å². The van der Waals surface area contributed by atoms with Crippen LogP contribution in [0.4, 0.5) is 0 Å². The van der Waals surface area contributed by atoms with E-state index in [1.54, 1.807) is 0 Å². The lowest BCUT2D eigenvalue weighted by atomic mass is 10.1. The van der Waals surface area contributed by atoms with Crippen molar-refractivity contribution in [3.05, 3.63) is 42.1 Å². The molecular weight excluding hydrogens is 234 g/mol. The molecule has 1 fully saturated rings. The zero-order chi connectivity index (χ0) is 13.1. The molecule has 0 radical (unpaired) electrons. The minimum atomic E-state index is 0.636. The fourth-order valence-corrected chi connectivity index (χ4v) is 2.85. The summed E-state index contributed by atoms with van der Waals surface area (Å²) in [6.45, 7) is 6.79. The molecule has 3 heteroatoms. The summed E-state index contributed by atoms with van der Waals surface area (Å²) >= 11 is 0. The van der Waals surface area contributed by atoms with Crippen molar-refractivity contribution in [2.75, 3.05) is 26.2 Å². The van der Waals surface area contributed by atoms with E-state index in [4.69, 9.17) is 0 Å². The molecule has 0 saturated carbocycles. The monoisotopic (exact) mass is 255 g/mol. The summed E-state index contributed by atoms with van der Waals surface area (Å²) in [6.07, 6.45) is 2.97. The first-order valence-electron chi connectivity index (χ1n) is 7.12. The highest BCUT2D eigenvalue weighted by atomic mass is 15.2. The van der Waals surface area contributed by atoms with Crippen molar-refractivity contribution in [2.45, 2.75) is 19.4 Å². The minimum Gasteiger partial charge on any atom is -0.314 e. The van der Waals surface area contributed by atoms with Gasteiger partial charge in [-0.2, -0.15) is 0 Å². The average molecular weight is 255 g/mol. The largest absolute Gasteiger partial charge is 0.314 e. The number of para-hydroxylation sites is 1. The van der Waals surface area contributed by atoms with Crippen molar-refractivity contribution in [3.63, 3.8) is 0 Å². The number of hydrogen-bond acceptors (Lipinski definition) is 3. The Morgan fingerprint density at radius 1 is 1.32 bits per heavy atom. The molecule has 1 atom stereocenters. The van der Waals surface area contributed by atoms with Crippen LogP contribution in [0.25, 0.3) is 10.9 Å². The van der Waals surface area contributed by atoms with E-state index in [9.17, 15) is 0 Å². The first-order valence-corrected chi connectivity index (χ1v) is 7.12. The lowest BCUT2D eigenvalue weighted by Gasteiger charge is -2.33. The summed E-state index contributed by atoms with van der Waals surface area (Å²) in [5, 5.41) is 4.68. The number of aromatic nitrogens is 1. The molecule has 2 heterocycles. The topological polar surface area (TPSA) is 28.2 Å². The van der Waals surface area contributed by atoms with Crippen LogP contribution in [0.3, 0.4) is 0 Å². The first-order chi connectivity index (χ1) is 9.34. The van der Waals surface area contributed by atoms with Gasteiger partial charge in [0.15, 0.2) is 0 Å². The molecule has 0 spiro atoms. The van der Waals surface area contributed by atoms with Gasteiger partial charge in [0.25, 0.3) is 0 Å². The summed E-state index contributed by atoms with van der Waals surface area (Å²) in [6, 6.07) is 11.3. The van der Waals surface area contributed by atoms with Gasteiger partial charge in [-0.3, -0.25) is 9.88 Å². The Morgan fingerprint density at radius 2 is 2.21 bits per heavy atom. The standard InChI is InChI=1S/C16H21N3/c1-13-12-17-9-11-19(13)10-7-15-5-2-4-14-6-3-8-18-16(14)15/h2-6,8,13,17H,7,9-12H2,1H3. The van der Waals surface area contributed by atoms with Crippen LogP contribution in [0.1, 0.15) is 12.5 Å². The highest BCUT2D eigenvalue weighted by molar-refractivity contribution is 5.81. The smallest absolute Gasteiger partial charge is 0.0734 e.